The van der Waals surface area contributed by atoms with Crippen LogP contribution >= 0.6 is 0 Å². The highest BCUT2D eigenvalue weighted by Gasteiger charge is 2.03. The van der Waals surface area contributed by atoms with Crippen LogP contribution in [0.4, 0.5) is 0 Å². The SMILES string of the molecule is CCCCCCCCCCCOC(=O)CCCCC(C)=O. The molecule has 0 amide bonds. The van der Waals surface area contributed by atoms with Gasteiger partial charge in [0.2, 0.25) is 0 Å². The molecule has 0 rings (SSSR count). The second-order valence-corrected chi connectivity index (χ2v) is 5.96. The zero-order chi connectivity index (χ0) is 15.8. The van der Waals surface area contributed by atoms with Gasteiger partial charge in [-0.2, -0.15) is 0 Å². The molecule has 0 N–H and O–H groups in total. The molecule has 0 unspecified atom stereocenters. The predicted molar refractivity (Wildman–Crippen MR) is 87.3 cm³/mol. The Balaban J connectivity index is 3.16. The fraction of sp³-hybridized carbons (Fsp3) is 0.889. The Kier molecular flexibility index (Phi) is 14.9. The molecule has 0 saturated carbocycles. The molecule has 3 heteroatoms. The van der Waals surface area contributed by atoms with Crippen molar-refractivity contribution in [1.82, 2.24) is 0 Å². The van der Waals surface area contributed by atoms with Crippen molar-refractivity contribution in [3.8, 4) is 0 Å². The smallest absolute Gasteiger partial charge is 0.305 e. The molecule has 0 aliphatic heterocycles. The number of ketones is 1. The number of carbonyl (C=O) groups excluding carboxylic acids is 2. The van der Waals surface area contributed by atoms with E-state index in [9.17, 15) is 9.59 Å². The van der Waals surface area contributed by atoms with Gasteiger partial charge in [0.25, 0.3) is 0 Å². The molecule has 0 bridgehead atoms. The molecule has 0 saturated heterocycles. The van der Waals surface area contributed by atoms with E-state index < -0.39 is 0 Å². The van der Waals surface area contributed by atoms with E-state index in [1.54, 1.807) is 6.92 Å². The standard InChI is InChI=1S/C18H34O3/c1-3-4-5-6-7-8-9-10-13-16-21-18(20)15-12-11-14-17(2)19/h3-16H2,1-2H3. The van der Waals surface area contributed by atoms with Crippen LogP contribution in [0.15, 0.2) is 0 Å². The second-order valence-electron chi connectivity index (χ2n) is 5.96. The highest BCUT2D eigenvalue weighted by Crippen LogP contribution is 2.09. The molecular weight excluding hydrogens is 264 g/mol. The lowest BCUT2D eigenvalue weighted by molar-refractivity contribution is -0.144. The van der Waals surface area contributed by atoms with Gasteiger partial charge in [0.05, 0.1) is 6.61 Å². The Hall–Kier alpha value is -0.860. The minimum Gasteiger partial charge on any atom is -0.466 e. The summed E-state index contributed by atoms with van der Waals surface area (Å²) in [5.74, 6) is 0.0798. The lowest BCUT2D eigenvalue weighted by Gasteiger charge is -2.05. The van der Waals surface area contributed by atoms with E-state index in [4.69, 9.17) is 4.74 Å². The van der Waals surface area contributed by atoms with Crippen LogP contribution in [0.25, 0.3) is 0 Å². The number of rotatable bonds is 15. The number of esters is 1. The molecule has 0 fully saturated rings. The van der Waals surface area contributed by atoms with E-state index in [0.717, 1.165) is 25.7 Å². The van der Waals surface area contributed by atoms with Gasteiger partial charge in [-0.25, -0.2) is 0 Å². The summed E-state index contributed by atoms with van der Waals surface area (Å²) in [5, 5.41) is 0. The zero-order valence-corrected chi connectivity index (χ0v) is 14.1. The van der Waals surface area contributed by atoms with Crippen LogP contribution in [0.1, 0.15) is 97.3 Å². The Morgan fingerprint density at radius 2 is 1.24 bits per heavy atom. The monoisotopic (exact) mass is 298 g/mol. The summed E-state index contributed by atoms with van der Waals surface area (Å²) in [6.45, 7) is 4.38. The van der Waals surface area contributed by atoms with Crippen molar-refractivity contribution >= 4 is 11.8 Å². The van der Waals surface area contributed by atoms with Crippen molar-refractivity contribution in [2.45, 2.75) is 97.3 Å². The molecule has 0 aliphatic carbocycles. The zero-order valence-electron chi connectivity index (χ0n) is 14.1. The van der Waals surface area contributed by atoms with Gasteiger partial charge in [0.1, 0.15) is 5.78 Å². The second kappa shape index (κ2) is 15.5. The molecule has 0 atom stereocenters. The first-order valence-corrected chi connectivity index (χ1v) is 8.82. The Labute approximate surface area is 130 Å². The van der Waals surface area contributed by atoms with Gasteiger partial charge < -0.3 is 9.53 Å². The van der Waals surface area contributed by atoms with Gasteiger partial charge in [-0.3, -0.25) is 4.79 Å². The highest BCUT2D eigenvalue weighted by atomic mass is 16.5. The molecule has 0 aliphatic rings. The van der Waals surface area contributed by atoms with E-state index in [1.165, 1.54) is 44.9 Å². The molecule has 0 aromatic carbocycles. The summed E-state index contributed by atoms with van der Waals surface area (Å²) in [6, 6.07) is 0. The van der Waals surface area contributed by atoms with Crippen molar-refractivity contribution in [2.75, 3.05) is 6.61 Å². The number of unbranched alkanes of at least 4 members (excludes halogenated alkanes) is 9. The first kappa shape index (κ1) is 20.1. The Morgan fingerprint density at radius 3 is 1.81 bits per heavy atom. The van der Waals surface area contributed by atoms with E-state index >= 15 is 0 Å². The first-order chi connectivity index (χ1) is 10.2. The molecule has 0 spiro atoms. The average Bonchev–Trinajstić information content (AvgIpc) is 2.45. The molecule has 0 aromatic heterocycles. The summed E-state index contributed by atoms with van der Waals surface area (Å²) in [5.41, 5.74) is 0. The molecule has 0 heterocycles. The van der Waals surface area contributed by atoms with Crippen molar-refractivity contribution < 1.29 is 14.3 Å². The highest BCUT2D eigenvalue weighted by molar-refractivity contribution is 5.75. The van der Waals surface area contributed by atoms with Crippen molar-refractivity contribution in [2.24, 2.45) is 0 Å². The third-order valence-corrected chi connectivity index (χ3v) is 3.67. The molecule has 124 valence electrons. The Bertz CT molecular complexity index is 261. The molecule has 0 radical (unpaired) electrons. The fourth-order valence-electron chi connectivity index (χ4n) is 2.31. The average molecular weight is 298 g/mol. The van der Waals surface area contributed by atoms with E-state index in [-0.39, 0.29) is 11.8 Å². The van der Waals surface area contributed by atoms with E-state index in [2.05, 4.69) is 6.92 Å². The third-order valence-electron chi connectivity index (χ3n) is 3.67. The van der Waals surface area contributed by atoms with Gasteiger partial charge in [0.15, 0.2) is 0 Å². The van der Waals surface area contributed by atoms with Gasteiger partial charge >= 0.3 is 5.97 Å². The summed E-state index contributed by atoms with van der Waals surface area (Å²) >= 11 is 0. The van der Waals surface area contributed by atoms with Crippen LogP contribution in [0.2, 0.25) is 0 Å². The van der Waals surface area contributed by atoms with Crippen LogP contribution < -0.4 is 0 Å². The Morgan fingerprint density at radius 1 is 0.714 bits per heavy atom. The maximum Gasteiger partial charge on any atom is 0.305 e. The van der Waals surface area contributed by atoms with Crippen LogP contribution in [0, 0.1) is 0 Å². The molecule has 0 aromatic rings. The lowest BCUT2D eigenvalue weighted by Crippen LogP contribution is -2.06. The predicted octanol–water partition coefficient (Wildman–Crippen LogP) is 5.21. The maximum atomic E-state index is 11.4. The van der Waals surface area contributed by atoms with E-state index in [0.29, 0.717) is 19.4 Å². The number of Topliss-reactive ketones (excluding diaryl/α,β-unsaturated/α-hetero) is 1. The van der Waals surface area contributed by atoms with Crippen LogP contribution in [-0.4, -0.2) is 18.4 Å². The summed E-state index contributed by atoms with van der Waals surface area (Å²) in [6.07, 6.45) is 14.0. The summed E-state index contributed by atoms with van der Waals surface area (Å²) in [4.78, 5) is 22.2. The van der Waals surface area contributed by atoms with Crippen molar-refractivity contribution in [3.05, 3.63) is 0 Å². The number of hydrogen-bond acceptors (Lipinski definition) is 3. The number of ether oxygens (including phenoxy) is 1. The van der Waals surface area contributed by atoms with Crippen molar-refractivity contribution in [1.29, 1.82) is 0 Å². The summed E-state index contributed by atoms with van der Waals surface area (Å²) in [7, 11) is 0. The number of hydrogen-bond donors (Lipinski definition) is 0. The van der Waals surface area contributed by atoms with E-state index in [1.807, 2.05) is 0 Å². The lowest BCUT2D eigenvalue weighted by atomic mass is 10.1. The first-order valence-electron chi connectivity index (χ1n) is 8.82. The topological polar surface area (TPSA) is 43.4 Å². The van der Waals surface area contributed by atoms with Gasteiger partial charge in [-0.05, 0) is 26.2 Å². The molecule has 21 heavy (non-hydrogen) atoms. The summed E-state index contributed by atoms with van der Waals surface area (Å²) < 4.78 is 5.18. The van der Waals surface area contributed by atoms with Gasteiger partial charge in [-0.15, -0.1) is 0 Å². The van der Waals surface area contributed by atoms with Crippen LogP contribution in [0.3, 0.4) is 0 Å². The molecular formula is C18H34O3. The normalized spacial score (nSPS) is 10.6. The number of carbonyl (C=O) groups is 2. The minimum absolute atomic E-state index is 0.113. The minimum atomic E-state index is -0.113. The van der Waals surface area contributed by atoms with Crippen molar-refractivity contribution in [3.63, 3.8) is 0 Å². The van der Waals surface area contributed by atoms with Gasteiger partial charge in [0, 0.05) is 12.8 Å². The maximum absolute atomic E-state index is 11.4. The largest absolute Gasteiger partial charge is 0.466 e. The molecule has 3 nitrogen and oxygen atoms in total. The quantitative estimate of drug-likeness (QED) is 0.308. The van der Waals surface area contributed by atoms with Gasteiger partial charge in [-0.1, -0.05) is 58.3 Å². The fourth-order valence-corrected chi connectivity index (χ4v) is 2.31. The van der Waals surface area contributed by atoms with Crippen LogP contribution in [0.5, 0.6) is 0 Å². The van der Waals surface area contributed by atoms with Crippen LogP contribution in [-0.2, 0) is 14.3 Å². The third kappa shape index (κ3) is 17.1.